The molecule has 1 aromatic heterocycles. The van der Waals surface area contributed by atoms with Crippen LogP contribution in [0.1, 0.15) is 41.3 Å². The summed E-state index contributed by atoms with van der Waals surface area (Å²) < 4.78 is 17.4. The van der Waals surface area contributed by atoms with E-state index in [-0.39, 0.29) is 12.3 Å². The van der Waals surface area contributed by atoms with Gasteiger partial charge in [-0.2, -0.15) is 5.10 Å². The molecule has 2 aliphatic rings. The molecule has 0 saturated carbocycles. The molecular formula is C22H20N2O3. The van der Waals surface area contributed by atoms with Gasteiger partial charge in [0.1, 0.15) is 28.7 Å². The number of hydrogen-bond donors (Lipinski definition) is 0. The van der Waals surface area contributed by atoms with Gasteiger partial charge in [-0.05, 0) is 49.4 Å². The molecule has 0 spiro atoms. The second-order valence-corrected chi connectivity index (χ2v) is 6.84. The van der Waals surface area contributed by atoms with Crippen molar-refractivity contribution in [2.75, 3.05) is 7.11 Å². The average Bonchev–Trinajstić information content (AvgIpc) is 3.34. The van der Waals surface area contributed by atoms with Crippen LogP contribution in [0.5, 0.6) is 11.5 Å². The van der Waals surface area contributed by atoms with Gasteiger partial charge in [-0.15, -0.1) is 0 Å². The summed E-state index contributed by atoms with van der Waals surface area (Å²) in [6, 6.07) is 20.2. The third-order valence-corrected chi connectivity index (χ3v) is 5.12. The van der Waals surface area contributed by atoms with Crippen LogP contribution in [0.2, 0.25) is 0 Å². The number of para-hydroxylation sites is 1. The summed E-state index contributed by atoms with van der Waals surface area (Å²) in [4.78, 5) is 0. The van der Waals surface area contributed by atoms with Crippen molar-refractivity contribution >= 4 is 5.71 Å². The number of benzene rings is 2. The Morgan fingerprint density at radius 2 is 1.85 bits per heavy atom. The maximum atomic E-state index is 6.34. The molecule has 3 heterocycles. The van der Waals surface area contributed by atoms with Crippen molar-refractivity contribution in [2.24, 2.45) is 5.10 Å². The van der Waals surface area contributed by atoms with Crippen molar-refractivity contribution in [3.63, 3.8) is 0 Å². The highest BCUT2D eigenvalue weighted by molar-refractivity contribution is 5.99. The molecule has 0 aliphatic carbocycles. The molecule has 0 N–H and O–H groups in total. The molecule has 0 amide bonds. The fraction of sp³-hybridized carbons (Fsp3) is 0.227. The third-order valence-electron chi connectivity index (χ3n) is 5.12. The second kappa shape index (κ2) is 6.20. The number of hydrogen-bond acceptors (Lipinski definition) is 5. The molecule has 3 aromatic rings. The predicted octanol–water partition coefficient (Wildman–Crippen LogP) is 4.84. The fourth-order valence-corrected chi connectivity index (χ4v) is 3.76. The Hall–Kier alpha value is -3.21. The van der Waals surface area contributed by atoms with E-state index < -0.39 is 0 Å². The fourth-order valence-electron chi connectivity index (χ4n) is 3.76. The van der Waals surface area contributed by atoms with Gasteiger partial charge >= 0.3 is 0 Å². The van der Waals surface area contributed by atoms with Crippen LogP contribution in [0.25, 0.3) is 0 Å². The maximum absolute atomic E-state index is 6.34. The number of aryl methyl sites for hydroxylation is 1. The molecule has 5 nitrogen and oxygen atoms in total. The average molecular weight is 360 g/mol. The quantitative estimate of drug-likeness (QED) is 0.671. The van der Waals surface area contributed by atoms with Crippen LogP contribution < -0.4 is 9.47 Å². The molecule has 0 saturated heterocycles. The van der Waals surface area contributed by atoms with Crippen LogP contribution >= 0.6 is 0 Å². The normalized spacial score (nSPS) is 20.5. The summed E-state index contributed by atoms with van der Waals surface area (Å²) in [6.07, 6.45) is 0.504. The lowest BCUT2D eigenvalue weighted by Crippen LogP contribution is -2.33. The van der Waals surface area contributed by atoms with E-state index >= 15 is 0 Å². The molecule has 0 bridgehead atoms. The minimum atomic E-state index is -0.288. The number of furan rings is 1. The van der Waals surface area contributed by atoms with E-state index in [1.165, 1.54) is 0 Å². The summed E-state index contributed by atoms with van der Waals surface area (Å²) in [5, 5.41) is 6.95. The van der Waals surface area contributed by atoms with Crippen LogP contribution in [-0.2, 0) is 0 Å². The molecule has 27 heavy (non-hydrogen) atoms. The molecule has 2 aromatic carbocycles. The SMILES string of the molecule is COc1ccc([C@H]2Oc3ccccc3[C@H]3CC(c4ccc(C)o4)=NN32)cc1. The Labute approximate surface area is 157 Å². The zero-order valence-electron chi connectivity index (χ0n) is 15.3. The largest absolute Gasteiger partial charge is 0.497 e. The number of ether oxygens (including phenoxy) is 2. The van der Waals surface area contributed by atoms with Gasteiger partial charge in [-0.25, -0.2) is 5.01 Å². The summed E-state index contributed by atoms with van der Waals surface area (Å²) in [6.45, 7) is 1.95. The van der Waals surface area contributed by atoms with Gasteiger partial charge in [0.25, 0.3) is 0 Å². The second-order valence-electron chi connectivity index (χ2n) is 6.84. The van der Waals surface area contributed by atoms with Crippen LogP contribution in [0.3, 0.4) is 0 Å². The number of methoxy groups -OCH3 is 1. The first kappa shape index (κ1) is 16.0. The van der Waals surface area contributed by atoms with Crippen LogP contribution in [0.15, 0.2) is 70.2 Å². The van der Waals surface area contributed by atoms with Gasteiger partial charge in [0.05, 0.1) is 13.2 Å². The molecule has 0 radical (unpaired) electrons. The number of fused-ring (bicyclic) bond motifs is 3. The molecule has 0 fully saturated rings. The molecule has 5 rings (SSSR count). The zero-order chi connectivity index (χ0) is 18.4. The van der Waals surface area contributed by atoms with Crippen LogP contribution in [0, 0.1) is 6.92 Å². The minimum absolute atomic E-state index is 0.127. The Morgan fingerprint density at radius 3 is 2.59 bits per heavy atom. The van der Waals surface area contributed by atoms with Crippen LogP contribution in [0.4, 0.5) is 0 Å². The first-order valence-corrected chi connectivity index (χ1v) is 9.05. The lowest BCUT2D eigenvalue weighted by molar-refractivity contribution is -0.0190. The van der Waals surface area contributed by atoms with E-state index in [1.54, 1.807) is 7.11 Å². The van der Waals surface area contributed by atoms with E-state index in [2.05, 4.69) is 11.1 Å². The first-order valence-electron chi connectivity index (χ1n) is 9.05. The Bertz CT molecular complexity index is 1010. The lowest BCUT2D eigenvalue weighted by Gasteiger charge is -2.38. The number of nitrogens with zero attached hydrogens (tertiary/aromatic N) is 2. The van der Waals surface area contributed by atoms with Gasteiger partial charge < -0.3 is 13.9 Å². The maximum Gasteiger partial charge on any atom is 0.213 e. The van der Waals surface area contributed by atoms with Gasteiger partial charge in [-0.1, -0.05) is 18.2 Å². The van der Waals surface area contributed by atoms with Crippen molar-refractivity contribution in [1.29, 1.82) is 0 Å². The first-order chi connectivity index (χ1) is 13.2. The standard InChI is InChI=1S/C22H20N2O3/c1-14-7-12-21(26-14)18-13-19-17-5-3-4-6-20(17)27-22(24(19)23-18)15-8-10-16(25-2)11-9-15/h3-12,19,22H,13H2,1-2H3/t19-,22-/m1/s1. The minimum Gasteiger partial charge on any atom is -0.497 e. The van der Waals surface area contributed by atoms with Gasteiger partial charge in [0.15, 0.2) is 0 Å². The van der Waals surface area contributed by atoms with Crippen LogP contribution in [-0.4, -0.2) is 17.8 Å². The highest BCUT2D eigenvalue weighted by atomic mass is 16.5. The van der Waals surface area contributed by atoms with Crippen molar-refractivity contribution in [1.82, 2.24) is 5.01 Å². The monoisotopic (exact) mass is 360 g/mol. The zero-order valence-corrected chi connectivity index (χ0v) is 15.3. The van der Waals surface area contributed by atoms with E-state index in [9.17, 15) is 0 Å². The van der Waals surface area contributed by atoms with Gasteiger partial charge in [0, 0.05) is 17.5 Å². The Balaban J connectivity index is 1.57. The summed E-state index contributed by atoms with van der Waals surface area (Å²) in [7, 11) is 1.67. The third kappa shape index (κ3) is 2.67. The van der Waals surface area contributed by atoms with Crippen molar-refractivity contribution in [2.45, 2.75) is 25.6 Å². The highest BCUT2D eigenvalue weighted by Gasteiger charge is 2.41. The number of hydrazone groups is 1. The van der Waals surface area contributed by atoms with Crippen molar-refractivity contribution in [3.8, 4) is 11.5 Å². The summed E-state index contributed by atoms with van der Waals surface area (Å²) in [5.74, 6) is 3.45. The van der Waals surface area contributed by atoms with Gasteiger partial charge in [-0.3, -0.25) is 0 Å². The lowest BCUT2D eigenvalue weighted by atomic mass is 9.97. The topological polar surface area (TPSA) is 47.2 Å². The predicted molar refractivity (Wildman–Crippen MR) is 102 cm³/mol. The molecule has 2 aliphatic heterocycles. The summed E-state index contributed by atoms with van der Waals surface area (Å²) in [5.41, 5.74) is 3.15. The van der Waals surface area contributed by atoms with E-state index in [0.717, 1.165) is 46.3 Å². The molecule has 5 heteroatoms. The van der Waals surface area contributed by atoms with E-state index in [1.807, 2.05) is 61.5 Å². The number of rotatable bonds is 3. The van der Waals surface area contributed by atoms with Crippen molar-refractivity contribution in [3.05, 3.63) is 83.3 Å². The Morgan fingerprint density at radius 1 is 1.04 bits per heavy atom. The molecule has 0 unspecified atom stereocenters. The highest BCUT2D eigenvalue weighted by Crippen LogP contribution is 2.47. The molecular weight excluding hydrogens is 340 g/mol. The molecule has 136 valence electrons. The van der Waals surface area contributed by atoms with E-state index in [4.69, 9.17) is 19.0 Å². The smallest absolute Gasteiger partial charge is 0.213 e. The van der Waals surface area contributed by atoms with Gasteiger partial charge in [0.2, 0.25) is 6.23 Å². The molecule has 2 atom stereocenters. The summed E-state index contributed by atoms with van der Waals surface area (Å²) >= 11 is 0. The van der Waals surface area contributed by atoms with E-state index in [0.29, 0.717) is 0 Å². The van der Waals surface area contributed by atoms with Crippen molar-refractivity contribution < 1.29 is 13.9 Å². The Kier molecular flexibility index (Phi) is 3.67.